The Morgan fingerprint density at radius 2 is 1.95 bits per heavy atom. The number of alkyl halides is 1. The first-order valence-corrected chi connectivity index (χ1v) is 6.63. The Morgan fingerprint density at radius 3 is 2.68 bits per heavy atom. The molecule has 0 amide bonds. The number of hydrogen-bond donors (Lipinski definition) is 1. The molecule has 1 aromatic carbocycles. The molecule has 2 aromatic rings. The minimum Gasteiger partial charge on any atom is -0.481 e. The maximum absolute atomic E-state index is 6.32. The van der Waals surface area contributed by atoms with Crippen molar-refractivity contribution in [1.82, 2.24) is 10.3 Å². The van der Waals surface area contributed by atoms with Gasteiger partial charge in [-0.2, -0.15) is 0 Å². The molecule has 2 rings (SSSR count). The number of aromatic nitrogens is 1. The smallest absolute Gasteiger partial charge is 0.213 e. The fraction of sp³-hybridized carbons (Fsp3) is 0.267. The van der Waals surface area contributed by atoms with Crippen LogP contribution in [-0.2, 0) is 6.54 Å². The number of halogens is 1. The Hall–Kier alpha value is -1.58. The summed E-state index contributed by atoms with van der Waals surface area (Å²) in [5, 5.41) is 3.27. The summed E-state index contributed by atoms with van der Waals surface area (Å²) in [4.78, 5) is 4.33. The van der Waals surface area contributed by atoms with Gasteiger partial charge in [-0.25, -0.2) is 4.98 Å². The molecule has 0 radical (unpaired) electrons. The highest BCUT2D eigenvalue weighted by atomic mass is 35.5. The van der Waals surface area contributed by atoms with E-state index in [1.54, 1.807) is 7.11 Å². The van der Waals surface area contributed by atoms with E-state index in [0.29, 0.717) is 19.0 Å². The van der Waals surface area contributed by atoms with Crippen molar-refractivity contribution >= 4 is 11.6 Å². The van der Waals surface area contributed by atoms with Gasteiger partial charge in [0.15, 0.2) is 0 Å². The molecule has 1 heterocycles. The lowest BCUT2D eigenvalue weighted by Gasteiger charge is -2.11. The molecule has 4 heteroatoms. The van der Waals surface area contributed by atoms with E-state index >= 15 is 0 Å². The van der Waals surface area contributed by atoms with Crippen molar-refractivity contribution in [3.8, 4) is 5.88 Å². The lowest BCUT2D eigenvalue weighted by atomic mass is 10.1. The van der Waals surface area contributed by atoms with Gasteiger partial charge in [-0.15, -0.1) is 11.6 Å². The summed E-state index contributed by atoms with van der Waals surface area (Å²) < 4.78 is 5.09. The third-order valence-corrected chi connectivity index (χ3v) is 3.19. The van der Waals surface area contributed by atoms with Crippen LogP contribution < -0.4 is 10.1 Å². The van der Waals surface area contributed by atoms with E-state index in [-0.39, 0.29) is 5.38 Å². The first kappa shape index (κ1) is 13.8. The largest absolute Gasteiger partial charge is 0.481 e. The Morgan fingerprint density at radius 1 is 1.16 bits per heavy atom. The summed E-state index contributed by atoms with van der Waals surface area (Å²) in [5.41, 5.74) is 2.06. The van der Waals surface area contributed by atoms with Crippen LogP contribution in [-0.4, -0.2) is 18.6 Å². The molecule has 1 N–H and O–H groups in total. The zero-order valence-corrected chi connectivity index (χ0v) is 11.6. The molecule has 0 bridgehead atoms. The molecule has 1 aromatic heterocycles. The third-order valence-electron chi connectivity index (χ3n) is 2.78. The first-order valence-electron chi connectivity index (χ1n) is 6.19. The summed E-state index contributed by atoms with van der Waals surface area (Å²) in [6, 6.07) is 15.8. The molecule has 0 aliphatic carbocycles. The number of nitrogens with zero attached hydrogens (tertiary/aromatic N) is 1. The van der Waals surface area contributed by atoms with Gasteiger partial charge in [-0.3, -0.25) is 0 Å². The minimum absolute atomic E-state index is 0.0354. The van der Waals surface area contributed by atoms with Crippen molar-refractivity contribution in [1.29, 1.82) is 0 Å². The number of nitrogens with one attached hydrogen (secondary N) is 1. The Bertz CT molecular complexity index is 505. The van der Waals surface area contributed by atoms with Gasteiger partial charge in [0.05, 0.1) is 18.2 Å². The number of pyridine rings is 1. The second kappa shape index (κ2) is 7.12. The van der Waals surface area contributed by atoms with Crippen LogP contribution in [0.15, 0.2) is 48.5 Å². The predicted octanol–water partition coefficient (Wildman–Crippen LogP) is 3.16. The maximum Gasteiger partial charge on any atom is 0.213 e. The van der Waals surface area contributed by atoms with Crippen molar-refractivity contribution in [3.05, 3.63) is 59.8 Å². The lowest BCUT2D eigenvalue weighted by Crippen LogP contribution is -2.19. The SMILES string of the molecule is COc1cccc(CNCC(Cl)c2ccccc2)n1. The van der Waals surface area contributed by atoms with Gasteiger partial charge in [0.1, 0.15) is 0 Å². The third kappa shape index (κ3) is 4.23. The van der Waals surface area contributed by atoms with E-state index in [1.807, 2.05) is 48.5 Å². The first-order chi connectivity index (χ1) is 9.29. The van der Waals surface area contributed by atoms with Gasteiger partial charge < -0.3 is 10.1 Å². The van der Waals surface area contributed by atoms with Gasteiger partial charge in [0, 0.05) is 19.2 Å². The van der Waals surface area contributed by atoms with E-state index in [0.717, 1.165) is 11.3 Å². The quantitative estimate of drug-likeness (QED) is 0.823. The van der Waals surface area contributed by atoms with Crippen molar-refractivity contribution in [2.45, 2.75) is 11.9 Å². The molecule has 0 fully saturated rings. The van der Waals surface area contributed by atoms with Crippen LogP contribution in [0.1, 0.15) is 16.6 Å². The van der Waals surface area contributed by atoms with Crippen molar-refractivity contribution < 1.29 is 4.74 Å². The number of rotatable bonds is 6. The van der Waals surface area contributed by atoms with Crippen LogP contribution in [0.5, 0.6) is 5.88 Å². The number of methoxy groups -OCH3 is 1. The average Bonchev–Trinajstić information content (AvgIpc) is 2.48. The van der Waals surface area contributed by atoms with Gasteiger partial charge >= 0.3 is 0 Å². The second-order valence-corrected chi connectivity index (χ2v) is 4.71. The fourth-order valence-corrected chi connectivity index (χ4v) is 2.03. The van der Waals surface area contributed by atoms with Crippen LogP contribution in [0, 0.1) is 0 Å². The molecule has 1 atom stereocenters. The van der Waals surface area contributed by atoms with Crippen LogP contribution in [0.3, 0.4) is 0 Å². The number of hydrogen-bond acceptors (Lipinski definition) is 3. The number of benzene rings is 1. The van der Waals surface area contributed by atoms with E-state index < -0.39 is 0 Å². The van der Waals surface area contributed by atoms with Gasteiger partial charge in [-0.1, -0.05) is 36.4 Å². The maximum atomic E-state index is 6.32. The molecule has 0 spiro atoms. The zero-order chi connectivity index (χ0) is 13.5. The Balaban J connectivity index is 1.83. The summed E-state index contributed by atoms with van der Waals surface area (Å²) in [7, 11) is 1.61. The summed E-state index contributed by atoms with van der Waals surface area (Å²) in [6.45, 7) is 1.37. The molecule has 0 aliphatic rings. The minimum atomic E-state index is -0.0354. The van der Waals surface area contributed by atoms with Crippen LogP contribution in [0.4, 0.5) is 0 Å². The van der Waals surface area contributed by atoms with Gasteiger partial charge in [0.25, 0.3) is 0 Å². The standard InChI is InChI=1S/C15H17ClN2O/c1-19-15-9-5-8-13(18-15)10-17-11-14(16)12-6-3-2-4-7-12/h2-9,14,17H,10-11H2,1H3. The summed E-state index contributed by atoms with van der Waals surface area (Å²) in [6.07, 6.45) is 0. The normalized spacial score (nSPS) is 12.1. The topological polar surface area (TPSA) is 34.1 Å². The van der Waals surface area contributed by atoms with Gasteiger partial charge in [-0.05, 0) is 11.6 Å². The highest BCUT2D eigenvalue weighted by Gasteiger charge is 2.06. The van der Waals surface area contributed by atoms with Crippen LogP contribution in [0.25, 0.3) is 0 Å². The lowest BCUT2D eigenvalue weighted by molar-refractivity contribution is 0.395. The Kier molecular flexibility index (Phi) is 5.19. The highest BCUT2D eigenvalue weighted by molar-refractivity contribution is 6.21. The average molecular weight is 277 g/mol. The molecule has 0 saturated heterocycles. The molecule has 19 heavy (non-hydrogen) atoms. The molecular formula is C15H17ClN2O. The Labute approximate surface area is 118 Å². The van der Waals surface area contributed by atoms with E-state index in [1.165, 1.54) is 0 Å². The summed E-state index contributed by atoms with van der Waals surface area (Å²) >= 11 is 6.32. The van der Waals surface area contributed by atoms with E-state index in [4.69, 9.17) is 16.3 Å². The van der Waals surface area contributed by atoms with E-state index in [2.05, 4.69) is 10.3 Å². The van der Waals surface area contributed by atoms with Crippen molar-refractivity contribution in [2.75, 3.05) is 13.7 Å². The molecule has 0 aliphatic heterocycles. The van der Waals surface area contributed by atoms with Crippen LogP contribution >= 0.6 is 11.6 Å². The predicted molar refractivity (Wildman–Crippen MR) is 77.5 cm³/mol. The highest BCUT2D eigenvalue weighted by Crippen LogP contribution is 2.18. The molecule has 3 nitrogen and oxygen atoms in total. The number of ether oxygens (including phenoxy) is 1. The summed E-state index contributed by atoms with van der Waals surface area (Å²) in [5.74, 6) is 0.629. The fourth-order valence-electron chi connectivity index (χ4n) is 1.78. The van der Waals surface area contributed by atoms with Crippen LogP contribution in [0.2, 0.25) is 0 Å². The van der Waals surface area contributed by atoms with Crippen molar-refractivity contribution in [2.24, 2.45) is 0 Å². The molecule has 1 unspecified atom stereocenters. The molecular weight excluding hydrogens is 260 g/mol. The molecule has 0 saturated carbocycles. The second-order valence-electron chi connectivity index (χ2n) is 4.18. The zero-order valence-electron chi connectivity index (χ0n) is 10.8. The van der Waals surface area contributed by atoms with Gasteiger partial charge in [0.2, 0.25) is 5.88 Å². The molecule has 100 valence electrons. The van der Waals surface area contributed by atoms with E-state index in [9.17, 15) is 0 Å². The monoisotopic (exact) mass is 276 g/mol. The van der Waals surface area contributed by atoms with Crippen molar-refractivity contribution in [3.63, 3.8) is 0 Å².